The van der Waals surface area contributed by atoms with Gasteiger partial charge in [-0.15, -0.1) is 0 Å². The van der Waals surface area contributed by atoms with Gasteiger partial charge in [0.15, 0.2) is 0 Å². The zero-order valence-electron chi connectivity index (χ0n) is 16.2. The van der Waals surface area contributed by atoms with E-state index in [2.05, 4.69) is 38.2 Å². The number of carbonyl (C=O) groups is 1. The van der Waals surface area contributed by atoms with Gasteiger partial charge in [0.25, 0.3) is 0 Å². The Morgan fingerprint density at radius 2 is 1.97 bits per heavy atom. The Balaban J connectivity index is 1.49. The van der Waals surface area contributed by atoms with Crippen LogP contribution in [0.1, 0.15) is 23.3 Å². The lowest BCUT2D eigenvalue weighted by Gasteiger charge is -2.34. The zero-order chi connectivity index (χ0) is 20.1. The van der Waals surface area contributed by atoms with E-state index in [4.69, 9.17) is 5.73 Å². The third kappa shape index (κ3) is 3.04. The molecule has 0 saturated carbocycles. The van der Waals surface area contributed by atoms with E-state index in [9.17, 15) is 9.18 Å². The van der Waals surface area contributed by atoms with Crippen molar-refractivity contribution in [3.8, 4) is 0 Å². The summed E-state index contributed by atoms with van der Waals surface area (Å²) >= 11 is 0. The lowest BCUT2D eigenvalue weighted by Crippen LogP contribution is -2.44. The van der Waals surface area contributed by atoms with Gasteiger partial charge in [-0.3, -0.25) is 4.79 Å². The number of rotatable bonds is 2. The van der Waals surface area contributed by atoms with Crippen molar-refractivity contribution in [2.45, 2.75) is 12.0 Å². The third-order valence-corrected chi connectivity index (χ3v) is 5.93. The summed E-state index contributed by atoms with van der Waals surface area (Å²) in [6.45, 7) is 3.98. The van der Waals surface area contributed by atoms with Crippen molar-refractivity contribution in [3.05, 3.63) is 53.6 Å². The van der Waals surface area contributed by atoms with Crippen LogP contribution in [0.25, 0.3) is 11.0 Å². The Hall–Kier alpha value is -2.97. The highest BCUT2D eigenvalue weighted by Gasteiger charge is 2.38. The van der Waals surface area contributed by atoms with Crippen molar-refractivity contribution in [1.29, 1.82) is 0 Å². The minimum atomic E-state index is -0.808. The van der Waals surface area contributed by atoms with Crippen LogP contribution < -0.4 is 16.0 Å². The molecule has 150 valence electrons. The molecule has 1 fully saturated rings. The smallest absolute Gasteiger partial charge is 0.237 e. The van der Waals surface area contributed by atoms with E-state index >= 15 is 0 Å². The van der Waals surface area contributed by atoms with Gasteiger partial charge < -0.3 is 25.8 Å². The standard InChI is InChI=1S/C21H23FN6O/c1-27-7-9-28(10-8-27)12-5-6-14-16(11-12)25-20(24-14)18-19(23)17-13(22)3-2-4-15(17)26-21(18)29/h2-6,11,18-19H,7-10,23H2,1H3,(H,24,25)(H,26,29). The number of likely N-dealkylation sites (N-methyl/N-ethyl adjacent to an activating group) is 1. The van der Waals surface area contributed by atoms with E-state index in [-0.39, 0.29) is 5.91 Å². The number of anilines is 2. The van der Waals surface area contributed by atoms with Crippen LogP contribution in [0.4, 0.5) is 15.8 Å². The molecule has 2 aliphatic rings. The molecular formula is C21H23FN6O. The molecule has 0 aliphatic carbocycles. The van der Waals surface area contributed by atoms with Gasteiger partial charge >= 0.3 is 0 Å². The minimum absolute atomic E-state index is 0.283. The van der Waals surface area contributed by atoms with E-state index in [0.29, 0.717) is 17.1 Å². The largest absolute Gasteiger partial charge is 0.369 e. The number of hydrogen-bond donors (Lipinski definition) is 3. The average Bonchev–Trinajstić information content (AvgIpc) is 3.11. The summed E-state index contributed by atoms with van der Waals surface area (Å²) in [6.07, 6.45) is 0. The van der Waals surface area contributed by atoms with Crippen molar-refractivity contribution in [2.24, 2.45) is 5.73 Å². The molecule has 2 aliphatic heterocycles. The fourth-order valence-corrected chi connectivity index (χ4v) is 4.25. The quantitative estimate of drug-likeness (QED) is 0.620. The molecule has 0 bridgehead atoms. The summed E-state index contributed by atoms with van der Waals surface area (Å²) in [5.41, 5.74) is 9.79. The number of aromatic amines is 1. The Morgan fingerprint density at radius 3 is 2.76 bits per heavy atom. The van der Waals surface area contributed by atoms with E-state index in [1.165, 1.54) is 6.07 Å². The van der Waals surface area contributed by atoms with Gasteiger partial charge in [0, 0.05) is 43.1 Å². The van der Waals surface area contributed by atoms with Gasteiger partial charge in [0.05, 0.1) is 17.1 Å². The first-order valence-electron chi connectivity index (χ1n) is 9.79. The summed E-state index contributed by atoms with van der Waals surface area (Å²) in [5.74, 6) is -1.03. The first kappa shape index (κ1) is 18.1. The van der Waals surface area contributed by atoms with Crippen LogP contribution in [0.15, 0.2) is 36.4 Å². The topological polar surface area (TPSA) is 90.3 Å². The van der Waals surface area contributed by atoms with Gasteiger partial charge in [-0.25, -0.2) is 9.37 Å². The van der Waals surface area contributed by atoms with E-state index in [1.807, 2.05) is 12.1 Å². The zero-order valence-corrected chi connectivity index (χ0v) is 16.2. The van der Waals surface area contributed by atoms with Gasteiger partial charge in [-0.1, -0.05) is 6.07 Å². The number of benzene rings is 2. The molecular weight excluding hydrogens is 371 g/mol. The number of carbonyl (C=O) groups excluding carboxylic acids is 1. The summed E-state index contributed by atoms with van der Waals surface area (Å²) in [4.78, 5) is 25.2. The molecule has 2 unspecified atom stereocenters. The number of halogens is 1. The van der Waals surface area contributed by atoms with Crippen LogP contribution in [-0.4, -0.2) is 54.0 Å². The molecule has 29 heavy (non-hydrogen) atoms. The number of nitrogens with one attached hydrogen (secondary N) is 2. The number of piperazine rings is 1. The maximum absolute atomic E-state index is 14.4. The van der Waals surface area contributed by atoms with Crippen LogP contribution >= 0.6 is 0 Å². The van der Waals surface area contributed by atoms with Crippen molar-refractivity contribution in [1.82, 2.24) is 14.9 Å². The van der Waals surface area contributed by atoms with Gasteiger partial charge in [0.2, 0.25) is 5.91 Å². The SMILES string of the molecule is CN1CCN(c2ccc3nc(C4C(=O)Nc5cccc(F)c5C4N)[nH]c3c2)CC1. The van der Waals surface area contributed by atoms with Crippen LogP contribution in [0, 0.1) is 5.82 Å². The number of fused-ring (bicyclic) bond motifs is 2. The fourth-order valence-electron chi connectivity index (χ4n) is 4.25. The lowest BCUT2D eigenvalue weighted by molar-refractivity contribution is -0.118. The fraction of sp³-hybridized carbons (Fsp3) is 0.333. The Kier molecular flexibility index (Phi) is 4.25. The second-order valence-corrected chi connectivity index (χ2v) is 7.81. The molecule has 1 amide bonds. The molecule has 2 atom stereocenters. The van der Waals surface area contributed by atoms with Crippen LogP contribution in [0.3, 0.4) is 0 Å². The van der Waals surface area contributed by atoms with Crippen molar-refractivity contribution < 1.29 is 9.18 Å². The third-order valence-electron chi connectivity index (χ3n) is 5.93. The normalized spacial score (nSPS) is 22.6. The van der Waals surface area contributed by atoms with Crippen LogP contribution in [-0.2, 0) is 4.79 Å². The summed E-state index contributed by atoms with van der Waals surface area (Å²) in [7, 11) is 2.13. The number of nitrogens with zero attached hydrogens (tertiary/aromatic N) is 3. The summed E-state index contributed by atoms with van der Waals surface area (Å²) in [5, 5.41) is 2.76. The van der Waals surface area contributed by atoms with Crippen LogP contribution in [0.5, 0.6) is 0 Å². The highest BCUT2D eigenvalue weighted by molar-refractivity contribution is 5.99. The summed E-state index contributed by atoms with van der Waals surface area (Å²) in [6, 6.07) is 9.82. The Morgan fingerprint density at radius 1 is 1.17 bits per heavy atom. The Bertz CT molecular complexity index is 1090. The number of amides is 1. The van der Waals surface area contributed by atoms with Crippen molar-refractivity contribution >= 4 is 28.3 Å². The highest BCUT2D eigenvalue weighted by Crippen LogP contribution is 2.39. The second kappa shape index (κ2) is 6.82. The molecule has 3 heterocycles. The molecule has 1 saturated heterocycles. The van der Waals surface area contributed by atoms with E-state index in [0.717, 1.165) is 42.9 Å². The van der Waals surface area contributed by atoms with Gasteiger partial charge in [-0.2, -0.15) is 0 Å². The first-order chi connectivity index (χ1) is 14.0. The van der Waals surface area contributed by atoms with Crippen molar-refractivity contribution in [3.63, 3.8) is 0 Å². The van der Waals surface area contributed by atoms with E-state index in [1.54, 1.807) is 12.1 Å². The predicted molar refractivity (Wildman–Crippen MR) is 111 cm³/mol. The molecule has 8 heteroatoms. The second-order valence-electron chi connectivity index (χ2n) is 7.81. The molecule has 2 aromatic carbocycles. The monoisotopic (exact) mass is 394 g/mol. The highest BCUT2D eigenvalue weighted by atomic mass is 19.1. The first-order valence-corrected chi connectivity index (χ1v) is 9.79. The van der Waals surface area contributed by atoms with Gasteiger partial charge in [0.1, 0.15) is 17.6 Å². The Labute approximate surface area is 167 Å². The van der Waals surface area contributed by atoms with Crippen molar-refractivity contribution in [2.75, 3.05) is 43.4 Å². The lowest BCUT2D eigenvalue weighted by atomic mass is 9.87. The number of nitrogens with two attached hydrogens (primary N) is 1. The summed E-state index contributed by atoms with van der Waals surface area (Å²) < 4.78 is 14.4. The number of imidazole rings is 1. The number of H-pyrrole nitrogens is 1. The average molecular weight is 394 g/mol. The molecule has 1 aromatic heterocycles. The number of aromatic nitrogens is 2. The number of hydrogen-bond acceptors (Lipinski definition) is 5. The maximum Gasteiger partial charge on any atom is 0.237 e. The molecule has 3 aromatic rings. The molecule has 5 rings (SSSR count). The van der Waals surface area contributed by atoms with Crippen LogP contribution in [0.2, 0.25) is 0 Å². The van der Waals surface area contributed by atoms with E-state index < -0.39 is 17.8 Å². The van der Waals surface area contributed by atoms with Gasteiger partial charge in [-0.05, 0) is 37.4 Å². The predicted octanol–water partition coefficient (Wildman–Crippen LogP) is 2.19. The molecule has 7 nitrogen and oxygen atoms in total. The minimum Gasteiger partial charge on any atom is -0.369 e. The molecule has 0 radical (unpaired) electrons. The molecule has 4 N–H and O–H groups in total. The maximum atomic E-state index is 14.4. The molecule has 0 spiro atoms.